The van der Waals surface area contributed by atoms with Gasteiger partial charge in [-0.2, -0.15) is 0 Å². The Morgan fingerprint density at radius 1 is 1.07 bits per heavy atom. The quantitative estimate of drug-likeness (QED) is 0.728. The van der Waals surface area contributed by atoms with Crippen LogP contribution in [0.2, 0.25) is 0 Å². The van der Waals surface area contributed by atoms with Crippen molar-refractivity contribution in [1.82, 2.24) is 4.72 Å². The van der Waals surface area contributed by atoms with Gasteiger partial charge in [0.1, 0.15) is 0 Å². The first kappa shape index (κ1) is 22.5. The fourth-order valence-electron chi connectivity index (χ4n) is 3.24. The van der Waals surface area contributed by atoms with Crippen molar-refractivity contribution in [3.63, 3.8) is 0 Å². The minimum atomic E-state index is -3.94. The van der Waals surface area contributed by atoms with Gasteiger partial charge in [0.15, 0.2) is 9.84 Å². The van der Waals surface area contributed by atoms with Crippen molar-refractivity contribution < 1.29 is 21.6 Å². The fraction of sp³-hybridized carbons (Fsp3) is 0.381. The van der Waals surface area contributed by atoms with Crippen LogP contribution in [0.5, 0.6) is 0 Å². The summed E-state index contributed by atoms with van der Waals surface area (Å²) in [5, 5.41) is 2.77. The minimum absolute atomic E-state index is 0.00310. The van der Waals surface area contributed by atoms with E-state index >= 15 is 0 Å². The van der Waals surface area contributed by atoms with Crippen LogP contribution in [0.3, 0.4) is 0 Å². The van der Waals surface area contributed by atoms with Crippen molar-refractivity contribution in [3.8, 4) is 0 Å². The molecule has 0 saturated carbocycles. The summed E-state index contributed by atoms with van der Waals surface area (Å²) < 4.78 is 50.8. The first-order valence-corrected chi connectivity index (χ1v) is 12.9. The van der Waals surface area contributed by atoms with E-state index in [0.717, 1.165) is 5.56 Å². The van der Waals surface area contributed by atoms with Gasteiger partial charge in [0.2, 0.25) is 10.0 Å². The van der Waals surface area contributed by atoms with E-state index in [-0.39, 0.29) is 33.8 Å². The molecule has 0 spiro atoms. The minimum Gasteiger partial charge on any atom is -0.322 e. The standard InChI is InChI=1S/C21H26N2O5S2/c1-21(2,3)16-7-9-17(10-8-16)22-20(24)15-5-4-6-19(13-15)30(27,28)23-18-11-12-29(25,26)14-18/h4-10,13,18,23H,11-12,14H2,1-3H3,(H,22,24). The Morgan fingerprint density at radius 2 is 1.73 bits per heavy atom. The number of amides is 1. The van der Waals surface area contributed by atoms with Crippen LogP contribution in [0.4, 0.5) is 5.69 Å². The van der Waals surface area contributed by atoms with Gasteiger partial charge in [-0.25, -0.2) is 21.6 Å². The Morgan fingerprint density at radius 3 is 2.30 bits per heavy atom. The molecule has 2 aromatic carbocycles. The number of sulfone groups is 1. The van der Waals surface area contributed by atoms with Crippen molar-refractivity contribution in [2.75, 3.05) is 16.8 Å². The number of carbonyl (C=O) groups is 1. The number of carbonyl (C=O) groups excluding carboxylic acids is 1. The third kappa shape index (κ3) is 5.47. The lowest BCUT2D eigenvalue weighted by atomic mass is 9.87. The number of sulfonamides is 1. The number of anilines is 1. The molecule has 1 aliphatic rings. The molecule has 1 unspecified atom stereocenters. The predicted octanol–water partition coefficient (Wildman–Crippen LogP) is 2.70. The molecular formula is C21H26N2O5S2. The van der Waals surface area contributed by atoms with Gasteiger partial charge in [-0.15, -0.1) is 0 Å². The van der Waals surface area contributed by atoms with Gasteiger partial charge in [0.25, 0.3) is 5.91 Å². The molecule has 2 aromatic rings. The zero-order valence-corrected chi connectivity index (χ0v) is 18.8. The van der Waals surface area contributed by atoms with E-state index in [1.807, 2.05) is 12.1 Å². The van der Waals surface area contributed by atoms with Crippen molar-refractivity contribution in [2.24, 2.45) is 0 Å². The van der Waals surface area contributed by atoms with E-state index in [1.54, 1.807) is 12.1 Å². The molecule has 0 aliphatic carbocycles. The fourth-order valence-corrected chi connectivity index (χ4v) is 6.33. The van der Waals surface area contributed by atoms with Gasteiger partial charge in [-0.1, -0.05) is 39.0 Å². The molecular weight excluding hydrogens is 424 g/mol. The topological polar surface area (TPSA) is 109 Å². The number of rotatable bonds is 5. The Kier molecular flexibility index (Phi) is 6.08. The monoisotopic (exact) mass is 450 g/mol. The van der Waals surface area contributed by atoms with E-state index in [2.05, 4.69) is 30.8 Å². The van der Waals surface area contributed by atoms with Crippen LogP contribution in [0.25, 0.3) is 0 Å². The van der Waals surface area contributed by atoms with Crippen LogP contribution in [0.1, 0.15) is 43.1 Å². The molecule has 162 valence electrons. The summed E-state index contributed by atoms with van der Waals surface area (Å²) in [6.07, 6.45) is 0.242. The summed E-state index contributed by atoms with van der Waals surface area (Å²) in [7, 11) is -7.15. The van der Waals surface area contributed by atoms with E-state index < -0.39 is 31.8 Å². The van der Waals surface area contributed by atoms with Crippen molar-refractivity contribution >= 4 is 31.5 Å². The predicted molar refractivity (Wildman–Crippen MR) is 117 cm³/mol. The maximum absolute atomic E-state index is 12.6. The third-order valence-electron chi connectivity index (χ3n) is 4.97. The van der Waals surface area contributed by atoms with E-state index in [1.165, 1.54) is 24.3 Å². The molecule has 0 aromatic heterocycles. The number of nitrogens with one attached hydrogen (secondary N) is 2. The second kappa shape index (κ2) is 8.13. The molecule has 30 heavy (non-hydrogen) atoms. The molecule has 7 nitrogen and oxygen atoms in total. The highest BCUT2D eigenvalue weighted by atomic mass is 32.2. The molecule has 1 fully saturated rings. The van der Waals surface area contributed by atoms with Gasteiger partial charge in [0.05, 0.1) is 16.4 Å². The first-order chi connectivity index (χ1) is 13.9. The van der Waals surface area contributed by atoms with Gasteiger partial charge in [-0.3, -0.25) is 4.79 Å². The number of hydrogen-bond acceptors (Lipinski definition) is 5. The molecule has 9 heteroatoms. The molecule has 1 heterocycles. The largest absolute Gasteiger partial charge is 0.322 e. The summed E-state index contributed by atoms with van der Waals surface area (Å²) in [5.41, 5.74) is 1.93. The SMILES string of the molecule is CC(C)(C)c1ccc(NC(=O)c2cccc(S(=O)(=O)NC3CCS(=O)(=O)C3)c2)cc1. The smallest absolute Gasteiger partial charge is 0.255 e. The van der Waals surface area contributed by atoms with Gasteiger partial charge < -0.3 is 5.32 Å². The highest BCUT2D eigenvalue weighted by Gasteiger charge is 2.31. The van der Waals surface area contributed by atoms with Crippen molar-refractivity contribution in [3.05, 3.63) is 59.7 Å². The average Bonchev–Trinajstić information content (AvgIpc) is 2.99. The Bertz CT molecular complexity index is 1150. The maximum atomic E-state index is 12.6. The lowest BCUT2D eigenvalue weighted by molar-refractivity contribution is 0.102. The maximum Gasteiger partial charge on any atom is 0.255 e. The molecule has 1 aliphatic heterocycles. The summed E-state index contributed by atoms with van der Waals surface area (Å²) in [6, 6.07) is 12.5. The van der Waals surface area contributed by atoms with E-state index in [4.69, 9.17) is 0 Å². The second-order valence-corrected chi connectivity index (χ2v) is 12.5. The highest BCUT2D eigenvalue weighted by Crippen LogP contribution is 2.24. The summed E-state index contributed by atoms with van der Waals surface area (Å²) in [4.78, 5) is 12.5. The highest BCUT2D eigenvalue weighted by molar-refractivity contribution is 7.92. The lowest BCUT2D eigenvalue weighted by Crippen LogP contribution is -2.35. The normalized spacial score (nSPS) is 18.8. The Hall–Kier alpha value is -2.23. The van der Waals surface area contributed by atoms with Gasteiger partial charge in [0, 0.05) is 17.3 Å². The molecule has 3 rings (SSSR count). The second-order valence-electron chi connectivity index (χ2n) is 8.53. The van der Waals surface area contributed by atoms with Gasteiger partial charge in [-0.05, 0) is 47.7 Å². The third-order valence-corrected chi connectivity index (χ3v) is 8.26. The zero-order valence-electron chi connectivity index (χ0n) is 17.2. The lowest BCUT2D eigenvalue weighted by Gasteiger charge is -2.19. The molecule has 0 radical (unpaired) electrons. The van der Waals surface area contributed by atoms with Crippen LogP contribution < -0.4 is 10.0 Å². The zero-order chi connectivity index (χ0) is 22.2. The van der Waals surface area contributed by atoms with E-state index in [9.17, 15) is 21.6 Å². The van der Waals surface area contributed by atoms with E-state index in [0.29, 0.717) is 5.69 Å². The number of hydrogen-bond donors (Lipinski definition) is 2. The Labute approximate surface area is 177 Å². The average molecular weight is 451 g/mol. The summed E-state index contributed by atoms with van der Waals surface area (Å²) in [6.45, 7) is 6.30. The summed E-state index contributed by atoms with van der Waals surface area (Å²) in [5.74, 6) is -0.674. The van der Waals surface area contributed by atoms with Crippen molar-refractivity contribution in [2.45, 2.75) is 43.5 Å². The van der Waals surface area contributed by atoms with Crippen LogP contribution >= 0.6 is 0 Å². The van der Waals surface area contributed by atoms with Crippen LogP contribution in [0.15, 0.2) is 53.4 Å². The van der Waals surface area contributed by atoms with Crippen LogP contribution in [-0.4, -0.2) is 40.3 Å². The molecule has 1 amide bonds. The first-order valence-electron chi connectivity index (χ1n) is 9.60. The van der Waals surface area contributed by atoms with Crippen LogP contribution in [0, 0.1) is 0 Å². The molecule has 2 N–H and O–H groups in total. The van der Waals surface area contributed by atoms with Gasteiger partial charge >= 0.3 is 0 Å². The Balaban J connectivity index is 1.73. The molecule has 1 saturated heterocycles. The summed E-state index contributed by atoms with van der Waals surface area (Å²) >= 11 is 0. The molecule has 0 bridgehead atoms. The number of benzene rings is 2. The molecule has 1 atom stereocenters. The van der Waals surface area contributed by atoms with Crippen LogP contribution in [-0.2, 0) is 25.3 Å². The van der Waals surface area contributed by atoms with Crippen molar-refractivity contribution in [1.29, 1.82) is 0 Å².